The fourth-order valence-electron chi connectivity index (χ4n) is 2.20. The number of carbonyl (C=O) groups is 1. The van der Waals surface area contributed by atoms with E-state index in [-0.39, 0.29) is 23.7 Å². The Labute approximate surface area is 138 Å². The lowest BCUT2D eigenvalue weighted by molar-refractivity contribution is -0.128. The molecule has 0 aliphatic carbocycles. The number of nitrogens with zero attached hydrogens (tertiary/aromatic N) is 1. The first-order valence-corrected chi connectivity index (χ1v) is 8.17. The monoisotopic (exact) mass is 328 g/mol. The van der Waals surface area contributed by atoms with E-state index in [1.165, 1.54) is 10.5 Å². The molecule has 2 rings (SSSR count). The van der Waals surface area contributed by atoms with E-state index in [4.69, 9.17) is 0 Å². The minimum Gasteiger partial charge on any atom is -0.339 e. The average Bonchev–Trinajstić information content (AvgIpc) is 2.45. The number of nitrogens with one attached hydrogen (secondary N) is 1. The number of rotatable bonds is 3. The number of piperazine rings is 1. The van der Waals surface area contributed by atoms with Gasteiger partial charge in [0.1, 0.15) is 0 Å². The van der Waals surface area contributed by atoms with Crippen molar-refractivity contribution in [2.75, 3.05) is 31.9 Å². The lowest BCUT2D eigenvalue weighted by atomic mass is 9.87. The van der Waals surface area contributed by atoms with Gasteiger partial charge >= 0.3 is 0 Å². The van der Waals surface area contributed by atoms with Gasteiger partial charge in [-0.2, -0.15) is 0 Å². The summed E-state index contributed by atoms with van der Waals surface area (Å²) in [6, 6.07) is 8.57. The summed E-state index contributed by atoms with van der Waals surface area (Å²) in [6.07, 6.45) is 0. The van der Waals surface area contributed by atoms with E-state index < -0.39 is 0 Å². The molecule has 21 heavy (non-hydrogen) atoms. The summed E-state index contributed by atoms with van der Waals surface area (Å²) in [7, 11) is 0. The van der Waals surface area contributed by atoms with Gasteiger partial charge in [-0.05, 0) is 23.1 Å². The zero-order chi connectivity index (χ0) is 14.6. The van der Waals surface area contributed by atoms with Crippen LogP contribution in [0.1, 0.15) is 26.3 Å². The summed E-state index contributed by atoms with van der Waals surface area (Å²) in [5.74, 6) is 0.783. The minimum absolute atomic E-state index is 0. The molecule has 1 aromatic rings. The second-order valence-corrected chi connectivity index (χ2v) is 7.24. The van der Waals surface area contributed by atoms with E-state index in [1.807, 2.05) is 4.90 Å². The third kappa shape index (κ3) is 5.53. The molecule has 0 saturated carbocycles. The third-order valence-electron chi connectivity index (χ3n) is 3.55. The van der Waals surface area contributed by atoms with Crippen molar-refractivity contribution >= 4 is 30.1 Å². The van der Waals surface area contributed by atoms with Crippen LogP contribution in [0.15, 0.2) is 29.2 Å². The van der Waals surface area contributed by atoms with E-state index in [9.17, 15) is 4.79 Å². The normalized spacial score (nSPS) is 15.5. The Balaban J connectivity index is 0.00000220. The molecule has 0 spiro atoms. The molecule has 1 saturated heterocycles. The molecule has 1 N–H and O–H groups in total. The van der Waals surface area contributed by atoms with Crippen molar-refractivity contribution in [2.45, 2.75) is 31.1 Å². The van der Waals surface area contributed by atoms with Crippen molar-refractivity contribution in [2.24, 2.45) is 0 Å². The maximum Gasteiger partial charge on any atom is 0.233 e. The average molecular weight is 329 g/mol. The standard InChI is InChI=1S/C16H24N2OS.ClH/c1-16(2,3)13-4-6-14(7-5-13)20-12-15(19)18-10-8-17-9-11-18;/h4-7,17H,8-12H2,1-3H3;1H. The summed E-state index contributed by atoms with van der Waals surface area (Å²) >= 11 is 1.63. The van der Waals surface area contributed by atoms with Crippen LogP contribution in [0.5, 0.6) is 0 Å². The molecule has 118 valence electrons. The van der Waals surface area contributed by atoms with Crippen LogP contribution in [0, 0.1) is 0 Å². The van der Waals surface area contributed by atoms with Crippen molar-refractivity contribution in [3.63, 3.8) is 0 Å². The molecule has 1 aromatic carbocycles. The molecule has 0 bridgehead atoms. The minimum atomic E-state index is 0. The van der Waals surface area contributed by atoms with E-state index in [0.29, 0.717) is 5.75 Å². The van der Waals surface area contributed by atoms with Crippen molar-refractivity contribution in [3.05, 3.63) is 29.8 Å². The van der Waals surface area contributed by atoms with Crippen LogP contribution in [0.2, 0.25) is 0 Å². The van der Waals surface area contributed by atoms with Gasteiger partial charge in [0.05, 0.1) is 5.75 Å². The molecule has 1 fully saturated rings. The second kappa shape index (κ2) is 8.06. The Morgan fingerprint density at radius 2 is 1.76 bits per heavy atom. The van der Waals surface area contributed by atoms with Crippen molar-refractivity contribution in [1.82, 2.24) is 10.2 Å². The molecular formula is C16H25ClN2OS. The van der Waals surface area contributed by atoms with Crippen LogP contribution in [-0.4, -0.2) is 42.7 Å². The number of halogens is 1. The highest BCUT2D eigenvalue weighted by Crippen LogP contribution is 2.25. The Kier molecular flexibility index (Phi) is 7.04. The van der Waals surface area contributed by atoms with E-state index in [2.05, 4.69) is 50.4 Å². The predicted octanol–water partition coefficient (Wildman–Crippen LogP) is 2.93. The van der Waals surface area contributed by atoms with Crippen molar-refractivity contribution in [1.29, 1.82) is 0 Å². The molecular weight excluding hydrogens is 304 g/mol. The van der Waals surface area contributed by atoms with Crippen LogP contribution in [0.25, 0.3) is 0 Å². The fraction of sp³-hybridized carbons (Fsp3) is 0.562. The Bertz CT molecular complexity index is 450. The quantitative estimate of drug-likeness (QED) is 0.866. The van der Waals surface area contributed by atoms with E-state index in [0.717, 1.165) is 26.2 Å². The number of hydrogen-bond donors (Lipinski definition) is 1. The van der Waals surface area contributed by atoms with Crippen LogP contribution in [-0.2, 0) is 10.2 Å². The number of hydrogen-bond acceptors (Lipinski definition) is 3. The second-order valence-electron chi connectivity index (χ2n) is 6.19. The van der Waals surface area contributed by atoms with Crippen LogP contribution in [0.4, 0.5) is 0 Å². The molecule has 0 aromatic heterocycles. The summed E-state index contributed by atoms with van der Waals surface area (Å²) < 4.78 is 0. The number of carbonyl (C=O) groups excluding carboxylic acids is 1. The Hall–Kier alpha value is -0.710. The zero-order valence-corrected chi connectivity index (χ0v) is 14.6. The highest BCUT2D eigenvalue weighted by Gasteiger charge is 2.16. The number of benzene rings is 1. The number of thioether (sulfide) groups is 1. The first-order valence-electron chi connectivity index (χ1n) is 7.19. The lowest BCUT2D eigenvalue weighted by Crippen LogP contribution is -2.47. The number of amides is 1. The van der Waals surface area contributed by atoms with Crippen molar-refractivity contribution in [3.8, 4) is 0 Å². The van der Waals surface area contributed by atoms with Gasteiger partial charge in [-0.1, -0.05) is 32.9 Å². The van der Waals surface area contributed by atoms with Gasteiger partial charge in [-0.25, -0.2) is 0 Å². The summed E-state index contributed by atoms with van der Waals surface area (Å²) in [4.78, 5) is 15.2. The molecule has 0 unspecified atom stereocenters. The van der Waals surface area contributed by atoms with Gasteiger partial charge in [-0.15, -0.1) is 24.2 Å². The molecule has 1 amide bonds. The van der Waals surface area contributed by atoms with E-state index in [1.54, 1.807) is 11.8 Å². The summed E-state index contributed by atoms with van der Waals surface area (Å²) in [5, 5.41) is 3.26. The smallest absolute Gasteiger partial charge is 0.233 e. The molecule has 0 radical (unpaired) electrons. The van der Waals surface area contributed by atoms with Crippen LogP contribution < -0.4 is 5.32 Å². The highest BCUT2D eigenvalue weighted by atomic mass is 35.5. The first kappa shape index (κ1) is 18.3. The van der Waals surface area contributed by atoms with Crippen LogP contribution in [0.3, 0.4) is 0 Å². The van der Waals surface area contributed by atoms with Gasteiger partial charge in [0.25, 0.3) is 0 Å². The van der Waals surface area contributed by atoms with E-state index >= 15 is 0 Å². The first-order chi connectivity index (χ1) is 9.47. The largest absolute Gasteiger partial charge is 0.339 e. The van der Waals surface area contributed by atoms with Gasteiger partial charge < -0.3 is 10.2 Å². The fourth-order valence-corrected chi connectivity index (χ4v) is 3.00. The summed E-state index contributed by atoms with van der Waals surface area (Å²) in [5.41, 5.74) is 1.51. The molecule has 1 aliphatic heterocycles. The van der Waals surface area contributed by atoms with Gasteiger partial charge in [-0.3, -0.25) is 4.79 Å². The predicted molar refractivity (Wildman–Crippen MR) is 92.6 cm³/mol. The highest BCUT2D eigenvalue weighted by molar-refractivity contribution is 8.00. The lowest BCUT2D eigenvalue weighted by Gasteiger charge is -2.27. The van der Waals surface area contributed by atoms with Gasteiger partial charge in [0.2, 0.25) is 5.91 Å². The Morgan fingerprint density at radius 3 is 2.29 bits per heavy atom. The van der Waals surface area contributed by atoms with Gasteiger partial charge in [0.15, 0.2) is 0 Å². The topological polar surface area (TPSA) is 32.3 Å². The maximum atomic E-state index is 12.1. The van der Waals surface area contributed by atoms with Crippen LogP contribution >= 0.6 is 24.2 Å². The molecule has 1 aliphatic rings. The molecule has 0 atom stereocenters. The zero-order valence-electron chi connectivity index (χ0n) is 13.0. The SMILES string of the molecule is CC(C)(C)c1ccc(SCC(=O)N2CCNCC2)cc1.Cl. The maximum absolute atomic E-state index is 12.1. The van der Waals surface area contributed by atoms with Gasteiger partial charge in [0, 0.05) is 31.1 Å². The molecule has 1 heterocycles. The third-order valence-corrected chi connectivity index (χ3v) is 4.55. The molecule has 5 heteroatoms. The summed E-state index contributed by atoms with van der Waals surface area (Å²) in [6.45, 7) is 10.1. The van der Waals surface area contributed by atoms with Crippen molar-refractivity contribution < 1.29 is 4.79 Å². The Morgan fingerprint density at radius 1 is 1.19 bits per heavy atom. The molecule has 3 nitrogen and oxygen atoms in total.